The van der Waals surface area contributed by atoms with Gasteiger partial charge in [0.25, 0.3) is 5.91 Å². The maximum absolute atomic E-state index is 13.0. The summed E-state index contributed by atoms with van der Waals surface area (Å²) < 4.78 is 5.51. The van der Waals surface area contributed by atoms with E-state index in [9.17, 15) is 9.59 Å². The second-order valence-corrected chi connectivity index (χ2v) is 7.58. The van der Waals surface area contributed by atoms with E-state index in [-0.39, 0.29) is 17.9 Å². The first-order valence-electron chi connectivity index (χ1n) is 10.1. The molecular formula is C23H24N4O3. The van der Waals surface area contributed by atoms with Crippen LogP contribution in [0.1, 0.15) is 47.6 Å². The number of aryl methyl sites for hydroxylation is 1. The Kier molecular flexibility index (Phi) is 5.61. The van der Waals surface area contributed by atoms with Crippen molar-refractivity contribution in [1.82, 2.24) is 20.4 Å². The van der Waals surface area contributed by atoms with Crippen molar-refractivity contribution in [1.29, 1.82) is 0 Å². The highest BCUT2D eigenvalue weighted by Gasteiger charge is 2.36. The quantitative estimate of drug-likeness (QED) is 0.703. The summed E-state index contributed by atoms with van der Waals surface area (Å²) in [5, 5.41) is 6.89. The van der Waals surface area contributed by atoms with Gasteiger partial charge in [-0.3, -0.25) is 9.59 Å². The van der Waals surface area contributed by atoms with Gasteiger partial charge in [0, 0.05) is 17.7 Å². The fraction of sp³-hybridized carbons (Fsp3) is 0.304. The standard InChI is InChI=1S/C23H24N4O3/c1-15-8-6-11-18(14-15)20-25-22(30-26-20)19-12-7-13-27(19)23(29)16(2)24-21(28)17-9-4-3-5-10-17/h3-6,8-11,14,16,19H,7,12-13H2,1-2H3,(H,24,28). The summed E-state index contributed by atoms with van der Waals surface area (Å²) in [5.41, 5.74) is 2.51. The van der Waals surface area contributed by atoms with Crippen LogP contribution in [-0.2, 0) is 4.79 Å². The lowest BCUT2D eigenvalue weighted by Crippen LogP contribution is -2.46. The second kappa shape index (κ2) is 8.49. The fourth-order valence-electron chi connectivity index (χ4n) is 3.74. The Morgan fingerprint density at radius 1 is 1.17 bits per heavy atom. The summed E-state index contributed by atoms with van der Waals surface area (Å²) in [6.45, 7) is 4.30. The van der Waals surface area contributed by atoms with E-state index in [0.717, 1.165) is 24.0 Å². The average molecular weight is 404 g/mol. The molecule has 1 fully saturated rings. The molecule has 2 amide bonds. The molecule has 1 saturated heterocycles. The van der Waals surface area contributed by atoms with E-state index >= 15 is 0 Å². The first-order valence-corrected chi connectivity index (χ1v) is 10.1. The summed E-state index contributed by atoms with van der Waals surface area (Å²) in [6, 6.07) is 15.8. The molecule has 2 heterocycles. The highest BCUT2D eigenvalue weighted by atomic mass is 16.5. The van der Waals surface area contributed by atoms with Gasteiger partial charge in [-0.1, -0.05) is 47.1 Å². The number of aromatic nitrogens is 2. The lowest BCUT2D eigenvalue weighted by Gasteiger charge is -2.25. The Morgan fingerprint density at radius 2 is 1.97 bits per heavy atom. The van der Waals surface area contributed by atoms with Gasteiger partial charge in [0.05, 0.1) is 0 Å². The molecule has 30 heavy (non-hydrogen) atoms. The average Bonchev–Trinajstić information content (AvgIpc) is 3.43. The Bertz CT molecular complexity index is 1050. The van der Waals surface area contributed by atoms with Crippen LogP contribution >= 0.6 is 0 Å². The van der Waals surface area contributed by atoms with E-state index in [0.29, 0.717) is 23.8 Å². The molecule has 1 N–H and O–H groups in total. The minimum atomic E-state index is -0.655. The van der Waals surface area contributed by atoms with Crippen LogP contribution in [0.5, 0.6) is 0 Å². The first-order chi connectivity index (χ1) is 14.5. The van der Waals surface area contributed by atoms with Crippen LogP contribution in [0.25, 0.3) is 11.4 Å². The zero-order chi connectivity index (χ0) is 21.1. The summed E-state index contributed by atoms with van der Waals surface area (Å²) in [6.07, 6.45) is 1.60. The Hall–Kier alpha value is -3.48. The van der Waals surface area contributed by atoms with Crippen LogP contribution in [0.3, 0.4) is 0 Å². The first kappa shape index (κ1) is 19.8. The molecule has 2 unspecified atom stereocenters. The van der Waals surface area contributed by atoms with Crippen LogP contribution in [0.15, 0.2) is 59.1 Å². The van der Waals surface area contributed by atoms with Crippen LogP contribution in [0, 0.1) is 6.92 Å². The van der Waals surface area contributed by atoms with E-state index in [1.54, 1.807) is 36.1 Å². The Labute approximate surface area is 175 Å². The topological polar surface area (TPSA) is 88.3 Å². The molecule has 1 aromatic heterocycles. The zero-order valence-corrected chi connectivity index (χ0v) is 17.0. The van der Waals surface area contributed by atoms with Crippen molar-refractivity contribution in [3.8, 4) is 11.4 Å². The SMILES string of the molecule is Cc1cccc(-c2noc(C3CCCN3C(=O)C(C)NC(=O)c3ccccc3)n2)c1. The lowest BCUT2D eigenvalue weighted by atomic mass is 10.1. The Balaban J connectivity index is 1.47. The van der Waals surface area contributed by atoms with E-state index in [4.69, 9.17) is 4.52 Å². The van der Waals surface area contributed by atoms with Gasteiger partial charge in [0.2, 0.25) is 17.6 Å². The van der Waals surface area contributed by atoms with Crippen LogP contribution < -0.4 is 5.32 Å². The van der Waals surface area contributed by atoms with Crippen LogP contribution in [0.4, 0.5) is 0 Å². The molecule has 0 radical (unpaired) electrons. The molecule has 0 aliphatic carbocycles. The predicted molar refractivity (Wildman–Crippen MR) is 112 cm³/mol. The largest absolute Gasteiger partial charge is 0.341 e. The normalized spacial score (nSPS) is 17.0. The number of benzene rings is 2. The number of amides is 2. The molecule has 0 spiro atoms. The molecule has 1 aliphatic rings. The summed E-state index contributed by atoms with van der Waals surface area (Å²) >= 11 is 0. The summed E-state index contributed by atoms with van der Waals surface area (Å²) in [7, 11) is 0. The number of carbonyl (C=O) groups is 2. The molecule has 0 bridgehead atoms. The van der Waals surface area contributed by atoms with Crippen molar-refractivity contribution in [2.75, 3.05) is 6.54 Å². The van der Waals surface area contributed by atoms with Gasteiger partial charge >= 0.3 is 0 Å². The van der Waals surface area contributed by atoms with Gasteiger partial charge < -0.3 is 14.7 Å². The molecule has 4 rings (SSSR count). The molecule has 2 aromatic carbocycles. The molecule has 3 aromatic rings. The fourth-order valence-corrected chi connectivity index (χ4v) is 3.74. The highest BCUT2D eigenvalue weighted by Crippen LogP contribution is 2.32. The molecule has 2 atom stereocenters. The number of hydrogen-bond acceptors (Lipinski definition) is 5. The maximum Gasteiger partial charge on any atom is 0.251 e. The number of likely N-dealkylation sites (tertiary alicyclic amines) is 1. The van der Waals surface area contributed by atoms with Gasteiger partial charge in [-0.2, -0.15) is 4.98 Å². The summed E-state index contributed by atoms with van der Waals surface area (Å²) in [4.78, 5) is 31.7. The Morgan fingerprint density at radius 3 is 2.73 bits per heavy atom. The lowest BCUT2D eigenvalue weighted by molar-refractivity contribution is -0.134. The van der Waals surface area contributed by atoms with Crippen LogP contribution in [-0.4, -0.2) is 39.4 Å². The third-order valence-corrected chi connectivity index (χ3v) is 5.29. The maximum atomic E-state index is 13.0. The third kappa shape index (κ3) is 4.10. The second-order valence-electron chi connectivity index (χ2n) is 7.58. The van der Waals surface area contributed by atoms with E-state index < -0.39 is 6.04 Å². The van der Waals surface area contributed by atoms with Crippen molar-refractivity contribution in [2.24, 2.45) is 0 Å². The molecule has 7 heteroatoms. The van der Waals surface area contributed by atoms with Crippen molar-refractivity contribution in [3.05, 3.63) is 71.6 Å². The third-order valence-electron chi connectivity index (χ3n) is 5.29. The minimum absolute atomic E-state index is 0.155. The van der Waals surface area contributed by atoms with E-state index in [2.05, 4.69) is 15.5 Å². The molecular weight excluding hydrogens is 380 g/mol. The summed E-state index contributed by atoms with van der Waals surface area (Å²) in [5.74, 6) is 0.515. The van der Waals surface area contributed by atoms with Crippen molar-refractivity contribution in [3.63, 3.8) is 0 Å². The molecule has 0 saturated carbocycles. The van der Waals surface area contributed by atoms with Crippen molar-refractivity contribution in [2.45, 2.75) is 38.8 Å². The van der Waals surface area contributed by atoms with Gasteiger partial charge in [-0.15, -0.1) is 0 Å². The molecule has 7 nitrogen and oxygen atoms in total. The predicted octanol–water partition coefficient (Wildman–Crippen LogP) is 3.53. The van der Waals surface area contributed by atoms with Gasteiger partial charge in [-0.05, 0) is 44.9 Å². The molecule has 154 valence electrons. The van der Waals surface area contributed by atoms with Crippen molar-refractivity contribution < 1.29 is 14.1 Å². The number of nitrogens with one attached hydrogen (secondary N) is 1. The van der Waals surface area contributed by atoms with E-state index in [1.165, 1.54) is 0 Å². The smallest absolute Gasteiger partial charge is 0.251 e. The molecule has 1 aliphatic heterocycles. The van der Waals surface area contributed by atoms with Gasteiger partial charge in [-0.25, -0.2) is 0 Å². The van der Waals surface area contributed by atoms with Gasteiger partial charge in [0.15, 0.2) is 0 Å². The van der Waals surface area contributed by atoms with Crippen LogP contribution in [0.2, 0.25) is 0 Å². The zero-order valence-electron chi connectivity index (χ0n) is 17.0. The monoisotopic (exact) mass is 404 g/mol. The van der Waals surface area contributed by atoms with Gasteiger partial charge in [0.1, 0.15) is 12.1 Å². The van der Waals surface area contributed by atoms with E-state index in [1.807, 2.05) is 37.3 Å². The van der Waals surface area contributed by atoms with Crippen molar-refractivity contribution >= 4 is 11.8 Å². The number of carbonyl (C=O) groups excluding carboxylic acids is 2. The number of rotatable bonds is 5. The number of nitrogens with zero attached hydrogens (tertiary/aromatic N) is 3. The highest BCUT2D eigenvalue weighted by molar-refractivity contribution is 5.97. The minimum Gasteiger partial charge on any atom is -0.341 e. The number of hydrogen-bond donors (Lipinski definition) is 1.